The molecule has 0 radical (unpaired) electrons. The quantitative estimate of drug-likeness (QED) is 0.599. The van der Waals surface area contributed by atoms with Gasteiger partial charge in [-0.1, -0.05) is 19.4 Å². The van der Waals surface area contributed by atoms with Crippen LogP contribution >= 0.6 is 11.3 Å². The lowest BCUT2D eigenvalue weighted by Crippen LogP contribution is -2.12. The lowest BCUT2D eigenvalue weighted by molar-refractivity contribution is 0.0697. The molecule has 3 aromatic rings. The molecule has 2 heterocycles. The van der Waals surface area contributed by atoms with E-state index in [0.29, 0.717) is 18.0 Å². The highest BCUT2D eigenvalue weighted by Crippen LogP contribution is 2.25. The van der Waals surface area contributed by atoms with E-state index in [9.17, 15) is 9.59 Å². The van der Waals surface area contributed by atoms with Crippen molar-refractivity contribution in [3.05, 3.63) is 62.1 Å². The van der Waals surface area contributed by atoms with Crippen LogP contribution < -0.4 is 10.2 Å². The Morgan fingerprint density at radius 2 is 2.15 bits per heavy atom. The lowest BCUT2D eigenvalue weighted by Gasteiger charge is -2.09. The number of carboxylic acid groups (broad SMARTS) is 1. The number of unbranched alkanes of at least 4 members (excludes halogenated alkanes) is 1. The molecule has 0 aliphatic heterocycles. The van der Waals surface area contributed by atoms with Crippen LogP contribution in [0.2, 0.25) is 0 Å². The molecule has 26 heavy (non-hydrogen) atoms. The zero-order chi connectivity index (χ0) is 18.5. The van der Waals surface area contributed by atoms with Gasteiger partial charge < -0.3 is 14.3 Å². The van der Waals surface area contributed by atoms with Gasteiger partial charge in [-0.3, -0.25) is 4.79 Å². The van der Waals surface area contributed by atoms with Crippen molar-refractivity contribution in [3.63, 3.8) is 0 Å². The Hall–Kier alpha value is -2.86. The van der Waals surface area contributed by atoms with Crippen LogP contribution in [0.5, 0.6) is 5.75 Å². The highest BCUT2D eigenvalue weighted by atomic mass is 32.1. The van der Waals surface area contributed by atoms with Crippen molar-refractivity contribution in [3.8, 4) is 5.75 Å². The summed E-state index contributed by atoms with van der Waals surface area (Å²) in [5, 5.41) is 11.3. The van der Waals surface area contributed by atoms with Crippen molar-refractivity contribution >= 4 is 40.4 Å². The normalized spacial score (nSPS) is 11.3. The van der Waals surface area contributed by atoms with Gasteiger partial charge in [0.25, 0.3) is 0 Å². The molecule has 0 aliphatic carbocycles. The van der Waals surface area contributed by atoms with Crippen molar-refractivity contribution in [2.45, 2.75) is 19.8 Å². The monoisotopic (exact) mass is 370 g/mol. The van der Waals surface area contributed by atoms with Crippen LogP contribution in [0, 0.1) is 0 Å². The van der Waals surface area contributed by atoms with Crippen molar-refractivity contribution in [2.75, 3.05) is 6.61 Å². The predicted octanol–water partition coefficient (Wildman–Crippen LogP) is 4.90. The van der Waals surface area contributed by atoms with Crippen LogP contribution in [-0.4, -0.2) is 17.7 Å². The van der Waals surface area contributed by atoms with Gasteiger partial charge in [-0.15, -0.1) is 11.3 Å². The number of ether oxygens (including phenoxy) is 1. The Morgan fingerprint density at radius 1 is 1.31 bits per heavy atom. The minimum absolute atomic E-state index is 0.0335. The van der Waals surface area contributed by atoms with Crippen molar-refractivity contribution < 1.29 is 19.1 Å². The number of rotatable bonds is 7. The second-order valence-corrected chi connectivity index (χ2v) is 6.67. The van der Waals surface area contributed by atoms with Gasteiger partial charge in [0.15, 0.2) is 5.76 Å². The van der Waals surface area contributed by atoms with Gasteiger partial charge in [0.05, 0.1) is 17.6 Å². The van der Waals surface area contributed by atoms with Crippen LogP contribution in [0.15, 0.2) is 44.9 Å². The molecule has 0 bridgehead atoms. The maximum absolute atomic E-state index is 12.9. The number of fused-ring (bicyclic) bond motifs is 1. The Labute approximate surface area is 154 Å². The van der Waals surface area contributed by atoms with Gasteiger partial charge in [0.1, 0.15) is 5.58 Å². The molecule has 134 valence electrons. The van der Waals surface area contributed by atoms with Crippen molar-refractivity contribution in [1.29, 1.82) is 0 Å². The Bertz CT molecular complexity index is 999. The summed E-state index contributed by atoms with van der Waals surface area (Å²) < 4.78 is 11.5. The molecule has 0 amide bonds. The van der Waals surface area contributed by atoms with E-state index in [0.717, 1.165) is 17.7 Å². The summed E-state index contributed by atoms with van der Waals surface area (Å²) in [6.07, 6.45) is 5.30. The van der Waals surface area contributed by atoms with Gasteiger partial charge in [-0.25, -0.2) is 4.79 Å². The van der Waals surface area contributed by atoms with E-state index in [1.165, 1.54) is 18.2 Å². The number of hydrogen-bond donors (Lipinski definition) is 1. The molecule has 2 aromatic heterocycles. The summed E-state index contributed by atoms with van der Waals surface area (Å²) >= 11 is 1.57. The Morgan fingerprint density at radius 3 is 2.85 bits per heavy atom. The third-order valence-electron chi connectivity index (χ3n) is 3.81. The molecule has 1 aromatic carbocycles. The third kappa shape index (κ3) is 3.86. The van der Waals surface area contributed by atoms with E-state index in [1.807, 2.05) is 30.5 Å². The summed E-state index contributed by atoms with van der Waals surface area (Å²) in [5.74, 6) is -0.655. The molecule has 1 N–H and O–H groups in total. The Kier molecular flexibility index (Phi) is 5.53. The van der Waals surface area contributed by atoms with E-state index < -0.39 is 5.97 Å². The molecule has 6 heteroatoms. The number of aromatic carboxylic acids is 1. The van der Waals surface area contributed by atoms with E-state index in [2.05, 4.69) is 0 Å². The summed E-state index contributed by atoms with van der Waals surface area (Å²) in [4.78, 5) is 25.1. The van der Waals surface area contributed by atoms with Crippen LogP contribution in [-0.2, 0) is 0 Å². The molecular weight excluding hydrogens is 352 g/mol. The molecule has 0 unspecified atom stereocenters. The van der Waals surface area contributed by atoms with E-state index in [4.69, 9.17) is 14.3 Å². The zero-order valence-electron chi connectivity index (χ0n) is 14.2. The van der Waals surface area contributed by atoms with Crippen LogP contribution in [0.25, 0.3) is 23.1 Å². The smallest absolute Gasteiger partial charge is 0.335 e. The number of hydrogen-bond acceptors (Lipinski definition) is 5. The number of carbonyl (C=O) groups is 1. The fourth-order valence-corrected chi connectivity index (χ4v) is 3.06. The lowest BCUT2D eigenvalue weighted by atomic mass is 10.1. The van der Waals surface area contributed by atoms with E-state index >= 15 is 0 Å². The van der Waals surface area contributed by atoms with Crippen LogP contribution in [0.4, 0.5) is 0 Å². The molecule has 0 aliphatic rings. The minimum Gasteiger partial charge on any atom is -0.486 e. The largest absolute Gasteiger partial charge is 0.486 e. The zero-order valence-corrected chi connectivity index (χ0v) is 15.0. The second kappa shape index (κ2) is 8.01. The van der Waals surface area contributed by atoms with Gasteiger partial charge in [-0.2, -0.15) is 0 Å². The van der Waals surface area contributed by atoms with Crippen LogP contribution in [0.1, 0.15) is 40.8 Å². The molecule has 0 fully saturated rings. The fourth-order valence-electron chi connectivity index (χ4n) is 2.44. The maximum atomic E-state index is 12.9. The number of benzene rings is 1. The van der Waals surface area contributed by atoms with Crippen molar-refractivity contribution in [1.82, 2.24) is 0 Å². The van der Waals surface area contributed by atoms with Gasteiger partial charge >= 0.3 is 5.97 Å². The van der Waals surface area contributed by atoms with E-state index in [1.54, 1.807) is 17.4 Å². The average Bonchev–Trinajstić information content (AvgIpc) is 3.15. The molecule has 3 rings (SSSR count). The Balaban J connectivity index is 2.11. The molecular formula is C20H18O5S. The molecule has 5 nitrogen and oxygen atoms in total. The SMILES string of the molecule is CCCCOc1c(C=Cc2cccs2)oc2ccc(C(=O)O)cc2c1=O. The summed E-state index contributed by atoms with van der Waals surface area (Å²) in [6, 6.07) is 8.13. The number of carboxylic acids is 1. The van der Waals surface area contributed by atoms with Crippen molar-refractivity contribution in [2.24, 2.45) is 0 Å². The summed E-state index contributed by atoms with van der Waals surface area (Å²) in [5.41, 5.74) is -0.00357. The summed E-state index contributed by atoms with van der Waals surface area (Å²) in [7, 11) is 0. The first-order valence-corrected chi connectivity index (χ1v) is 9.16. The van der Waals surface area contributed by atoms with Crippen LogP contribution in [0.3, 0.4) is 0 Å². The summed E-state index contributed by atoms with van der Waals surface area (Å²) in [6.45, 7) is 2.42. The van der Waals surface area contributed by atoms with Gasteiger partial charge in [-0.05, 0) is 48.2 Å². The molecule has 0 spiro atoms. The minimum atomic E-state index is -1.10. The predicted molar refractivity (Wildman–Crippen MR) is 103 cm³/mol. The topological polar surface area (TPSA) is 76.7 Å². The fraction of sp³-hybridized carbons (Fsp3) is 0.200. The van der Waals surface area contributed by atoms with Gasteiger partial charge in [0.2, 0.25) is 11.2 Å². The second-order valence-electron chi connectivity index (χ2n) is 5.69. The maximum Gasteiger partial charge on any atom is 0.335 e. The van der Waals surface area contributed by atoms with Gasteiger partial charge in [0, 0.05) is 4.88 Å². The highest BCUT2D eigenvalue weighted by Gasteiger charge is 2.16. The number of thiophene rings is 1. The highest BCUT2D eigenvalue weighted by molar-refractivity contribution is 7.10. The first-order valence-electron chi connectivity index (χ1n) is 8.28. The molecule has 0 saturated heterocycles. The third-order valence-corrected chi connectivity index (χ3v) is 4.65. The molecule has 0 atom stereocenters. The van der Waals surface area contributed by atoms with E-state index in [-0.39, 0.29) is 22.1 Å². The first kappa shape index (κ1) is 17.9. The molecule has 0 saturated carbocycles. The standard InChI is InChI=1S/C20H18O5S/c1-2-3-10-24-19-17(9-7-14-5-4-11-26-14)25-16-8-6-13(20(22)23)12-15(16)18(19)21/h4-9,11-12H,2-3,10H2,1H3,(H,22,23). The first-order chi connectivity index (χ1) is 12.6. The average molecular weight is 370 g/mol.